The number of aromatic nitrogens is 1. The van der Waals surface area contributed by atoms with E-state index < -0.39 is 11.6 Å². The standard InChI is InChI=1S/C16H10ClF2NO/c17-12-4-1-3-9-11(8-20-16(9)12)15(21)7-10-13(18)5-2-6-14(10)19/h1-6,8,20H,7H2. The van der Waals surface area contributed by atoms with E-state index >= 15 is 0 Å². The number of benzene rings is 2. The average Bonchev–Trinajstić information content (AvgIpc) is 2.88. The molecular weight excluding hydrogens is 296 g/mol. The summed E-state index contributed by atoms with van der Waals surface area (Å²) in [6.07, 6.45) is 1.18. The van der Waals surface area contributed by atoms with Gasteiger partial charge in [0.2, 0.25) is 0 Å². The zero-order valence-electron chi connectivity index (χ0n) is 10.8. The summed E-state index contributed by atoms with van der Waals surface area (Å²) >= 11 is 6.02. The van der Waals surface area contributed by atoms with Gasteiger partial charge in [-0.05, 0) is 18.2 Å². The molecule has 1 aromatic heterocycles. The maximum absolute atomic E-state index is 13.6. The molecule has 1 N–H and O–H groups in total. The molecule has 0 aliphatic heterocycles. The van der Waals surface area contributed by atoms with Gasteiger partial charge >= 0.3 is 0 Å². The fraction of sp³-hybridized carbons (Fsp3) is 0.0625. The van der Waals surface area contributed by atoms with Gasteiger partial charge in [0.05, 0.1) is 10.5 Å². The van der Waals surface area contributed by atoms with Gasteiger partial charge in [0.15, 0.2) is 5.78 Å². The molecule has 2 nitrogen and oxygen atoms in total. The lowest BCUT2D eigenvalue weighted by Gasteiger charge is -2.04. The number of carbonyl (C=O) groups excluding carboxylic acids is 1. The molecule has 0 aliphatic rings. The minimum atomic E-state index is -0.721. The van der Waals surface area contributed by atoms with Crippen LogP contribution >= 0.6 is 11.6 Å². The number of para-hydroxylation sites is 1. The summed E-state index contributed by atoms with van der Waals surface area (Å²) in [5.74, 6) is -1.81. The van der Waals surface area contributed by atoms with Crippen molar-refractivity contribution in [2.24, 2.45) is 0 Å². The molecule has 0 aliphatic carbocycles. The highest BCUT2D eigenvalue weighted by molar-refractivity contribution is 6.35. The zero-order chi connectivity index (χ0) is 15.0. The number of hydrogen-bond donors (Lipinski definition) is 1. The number of Topliss-reactive ketones (excluding diaryl/α,β-unsaturated/α-hetero) is 1. The van der Waals surface area contributed by atoms with Crippen LogP contribution in [0.5, 0.6) is 0 Å². The molecule has 0 bridgehead atoms. The van der Waals surface area contributed by atoms with E-state index in [1.54, 1.807) is 18.2 Å². The molecule has 0 unspecified atom stereocenters. The van der Waals surface area contributed by atoms with Crippen molar-refractivity contribution in [1.29, 1.82) is 0 Å². The minimum Gasteiger partial charge on any atom is -0.359 e. The highest BCUT2D eigenvalue weighted by Gasteiger charge is 2.17. The summed E-state index contributed by atoms with van der Waals surface area (Å²) in [5, 5.41) is 1.13. The Morgan fingerprint density at radius 3 is 2.48 bits per heavy atom. The predicted molar refractivity (Wildman–Crippen MR) is 77.7 cm³/mol. The Bertz CT molecular complexity index is 821. The van der Waals surface area contributed by atoms with Crippen LogP contribution in [0.4, 0.5) is 8.78 Å². The van der Waals surface area contributed by atoms with Crippen LogP contribution in [0.2, 0.25) is 5.02 Å². The number of fused-ring (bicyclic) bond motifs is 1. The maximum Gasteiger partial charge on any atom is 0.169 e. The van der Waals surface area contributed by atoms with E-state index in [1.807, 2.05) is 0 Å². The summed E-state index contributed by atoms with van der Waals surface area (Å²) in [6, 6.07) is 8.70. The number of rotatable bonds is 3. The van der Waals surface area contributed by atoms with Gasteiger partial charge in [0.25, 0.3) is 0 Å². The lowest BCUT2D eigenvalue weighted by molar-refractivity contribution is 0.0992. The Labute approximate surface area is 124 Å². The van der Waals surface area contributed by atoms with Gasteiger partial charge in [-0.25, -0.2) is 8.78 Å². The van der Waals surface area contributed by atoms with E-state index in [9.17, 15) is 13.6 Å². The van der Waals surface area contributed by atoms with Crippen LogP contribution in [0.3, 0.4) is 0 Å². The normalized spacial score (nSPS) is 11.0. The molecule has 3 aromatic rings. The molecule has 0 radical (unpaired) electrons. The van der Waals surface area contributed by atoms with E-state index in [1.165, 1.54) is 12.3 Å². The number of H-pyrrole nitrogens is 1. The fourth-order valence-corrected chi connectivity index (χ4v) is 2.53. The van der Waals surface area contributed by atoms with Crippen molar-refractivity contribution >= 4 is 28.3 Å². The van der Waals surface area contributed by atoms with E-state index in [4.69, 9.17) is 11.6 Å². The smallest absolute Gasteiger partial charge is 0.169 e. The third-order valence-corrected chi connectivity index (χ3v) is 3.68. The number of aromatic amines is 1. The van der Waals surface area contributed by atoms with E-state index in [-0.39, 0.29) is 17.8 Å². The van der Waals surface area contributed by atoms with Gasteiger partial charge in [-0.3, -0.25) is 4.79 Å². The van der Waals surface area contributed by atoms with Crippen LogP contribution in [0.15, 0.2) is 42.6 Å². The van der Waals surface area contributed by atoms with Crippen molar-refractivity contribution < 1.29 is 13.6 Å². The first kappa shape index (κ1) is 13.8. The quantitative estimate of drug-likeness (QED) is 0.709. The summed E-state index contributed by atoms with van der Waals surface area (Å²) in [5.41, 5.74) is 0.783. The topological polar surface area (TPSA) is 32.9 Å². The molecule has 0 atom stereocenters. The highest BCUT2D eigenvalue weighted by Crippen LogP contribution is 2.26. The second-order valence-electron chi connectivity index (χ2n) is 4.66. The largest absolute Gasteiger partial charge is 0.359 e. The summed E-state index contributed by atoms with van der Waals surface area (Å²) in [7, 11) is 0. The van der Waals surface area contributed by atoms with Gasteiger partial charge < -0.3 is 4.98 Å². The van der Waals surface area contributed by atoms with Crippen molar-refractivity contribution in [3.8, 4) is 0 Å². The maximum atomic E-state index is 13.6. The van der Waals surface area contributed by atoms with Crippen LogP contribution in [-0.2, 0) is 6.42 Å². The lowest BCUT2D eigenvalue weighted by atomic mass is 10.0. The first-order chi connectivity index (χ1) is 10.1. The predicted octanol–water partition coefficient (Wildman–Crippen LogP) is 4.52. The first-order valence-corrected chi connectivity index (χ1v) is 6.67. The van der Waals surface area contributed by atoms with Gasteiger partial charge in [-0.2, -0.15) is 0 Å². The van der Waals surface area contributed by atoms with Gasteiger partial charge in [0, 0.05) is 29.1 Å². The van der Waals surface area contributed by atoms with Gasteiger partial charge in [-0.1, -0.05) is 29.8 Å². The molecule has 0 fully saturated rings. The van der Waals surface area contributed by atoms with Gasteiger partial charge in [-0.15, -0.1) is 0 Å². The van der Waals surface area contributed by atoms with Crippen LogP contribution in [-0.4, -0.2) is 10.8 Å². The fourth-order valence-electron chi connectivity index (χ4n) is 2.31. The minimum absolute atomic E-state index is 0.223. The van der Waals surface area contributed by atoms with E-state index in [0.29, 0.717) is 21.5 Å². The van der Waals surface area contributed by atoms with Crippen molar-refractivity contribution in [1.82, 2.24) is 4.98 Å². The third-order valence-electron chi connectivity index (χ3n) is 3.36. The Hall–Kier alpha value is -2.20. The Morgan fingerprint density at radius 1 is 1.10 bits per heavy atom. The number of hydrogen-bond acceptors (Lipinski definition) is 1. The summed E-state index contributed by atoms with van der Waals surface area (Å²) in [4.78, 5) is 15.2. The molecular formula is C16H10ClF2NO. The molecule has 0 saturated heterocycles. The lowest BCUT2D eigenvalue weighted by Crippen LogP contribution is -2.06. The summed E-state index contributed by atoms with van der Waals surface area (Å²) < 4.78 is 27.2. The molecule has 2 aromatic carbocycles. The zero-order valence-corrected chi connectivity index (χ0v) is 11.5. The van der Waals surface area contributed by atoms with Gasteiger partial charge in [0.1, 0.15) is 11.6 Å². The number of halogens is 3. The molecule has 5 heteroatoms. The van der Waals surface area contributed by atoms with E-state index in [2.05, 4.69) is 4.98 Å². The Balaban J connectivity index is 2.00. The molecule has 106 valence electrons. The van der Waals surface area contributed by atoms with Crippen LogP contribution in [0, 0.1) is 11.6 Å². The number of nitrogens with one attached hydrogen (secondary N) is 1. The molecule has 0 saturated carbocycles. The first-order valence-electron chi connectivity index (χ1n) is 6.29. The Kier molecular flexibility index (Phi) is 3.47. The average molecular weight is 306 g/mol. The second kappa shape index (κ2) is 5.30. The van der Waals surface area contributed by atoms with Crippen LogP contribution in [0.1, 0.15) is 15.9 Å². The molecule has 1 heterocycles. The monoisotopic (exact) mass is 305 g/mol. The summed E-state index contributed by atoms with van der Waals surface area (Å²) in [6.45, 7) is 0. The SMILES string of the molecule is O=C(Cc1c(F)cccc1F)c1c[nH]c2c(Cl)cccc12. The molecule has 0 amide bonds. The third kappa shape index (κ3) is 2.43. The van der Waals surface area contributed by atoms with Crippen molar-refractivity contribution in [3.05, 3.63) is 70.4 Å². The van der Waals surface area contributed by atoms with E-state index in [0.717, 1.165) is 12.1 Å². The second-order valence-corrected chi connectivity index (χ2v) is 5.07. The number of ketones is 1. The molecule has 0 spiro atoms. The highest BCUT2D eigenvalue weighted by atomic mass is 35.5. The van der Waals surface area contributed by atoms with Crippen molar-refractivity contribution in [3.63, 3.8) is 0 Å². The number of carbonyl (C=O) groups is 1. The Morgan fingerprint density at radius 2 is 1.76 bits per heavy atom. The van der Waals surface area contributed by atoms with Crippen molar-refractivity contribution in [2.45, 2.75) is 6.42 Å². The molecule has 3 rings (SSSR count). The van der Waals surface area contributed by atoms with Crippen LogP contribution < -0.4 is 0 Å². The molecule has 21 heavy (non-hydrogen) atoms. The van der Waals surface area contributed by atoms with Crippen molar-refractivity contribution in [2.75, 3.05) is 0 Å². The van der Waals surface area contributed by atoms with Crippen LogP contribution in [0.25, 0.3) is 10.9 Å².